The number of hydrogen-bond acceptors (Lipinski definition) is 10. The van der Waals surface area contributed by atoms with Gasteiger partial charge in [-0.3, -0.25) is 9.36 Å². The van der Waals surface area contributed by atoms with Gasteiger partial charge in [-0.25, -0.2) is 9.97 Å². The van der Waals surface area contributed by atoms with Crippen LogP contribution in [0.3, 0.4) is 0 Å². The number of nitrogens with zero attached hydrogens (tertiary/aromatic N) is 7. The number of aliphatic hydroxyl groups excluding tert-OH is 1. The number of ether oxygens (including phenoxy) is 3. The number of halogens is 6. The number of aliphatic hydroxyl groups is 1. The SMILES string of the molecule is CC1CO1.CCC1Cn2nc(-c3ccc(C(F)(F)F)cc3OC)c3nc(C)cc(c32)N1.CCC1Cn2nc(-c3ccc(C(F)(F)F)cc3OC)c3nc(C)cc(c32)N1CC(C)O. The predicted molar refractivity (Wildman–Crippen MR) is 225 cm³/mol. The Morgan fingerprint density at radius 2 is 1.29 bits per heavy atom. The van der Waals surface area contributed by atoms with Gasteiger partial charge >= 0.3 is 12.4 Å². The maximum atomic E-state index is 13.2. The molecule has 3 aliphatic rings. The second kappa shape index (κ2) is 17.3. The summed E-state index contributed by atoms with van der Waals surface area (Å²) in [5.41, 5.74) is 6.82. The number of benzene rings is 2. The van der Waals surface area contributed by atoms with Gasteiger partial charge < -0.3 is 29.5 Å². The molecule has 0 aliphatic carbocycles. The van der Waals surface area contributed by atoms with Gasteiger partial charge in [-0.2, -0.15) is 36.5 Å². The molecule has 332 valence electrons. The highest BCUT2D eigenvalue weighted by Crippen LogP contribution is 2.44. The van der Waals surface area contributed by atoms with Crippen LogP contribution in [-0.4, -0.2) is 86.3 Å². The van der Waals surface area contributed by atoms with Crippen LogP contribution in [-0.2, 0) is 30.2 Å². The van der Waals surface area contributed by atoms with Gasteiger partial charge in [0, 0.05) is 41.1 Å². The van der Waals surface area contributed by atoms with Crippen LogP contribution in [0.1, 0.15) is 63.1 Å². The number of rotatable bonds is 8. The third kappa shape index (κ3) is 8.98. The number of nitrogens with one attached hydrogen (secondary N) is 1. The van der Waals surface area contributed by atoms with Crippen molar-refractivity contribution in [2.24, 2.45) is 0 Å². The van der Waals surface area contributed by atoms with E-state index >= 15 is 0 Å². The Kier molecular flexibility index (Phi) is 12.4. The number of methoxy groups -OCH3 is 2. The zero-order valence-corrected chi connectivity index (χ0v) is 35.7. The average molecular weight is 869 g/mol. The third-order valence-electron chi connectivity index (χ3n) is 11.0. The molecule has 9 rings (SSSR count). The summed E-state index contributed by atoms with van der Waals surface area (Å²) < 4.78 is 97.7. The molecular formula is C44H50F6N8O4. The van der Waals surface area contributed by atoms with Crippen LogP contribution in [0.2, 0.25) is 0 Å². The summed E-state index contributed by atoms with van der Waals surface area (Å²) in [5, 5.41) is 23.0. The van der Waals surface area contributed by atoms with Crippen molar-refractivity contribution in [2.45, 2.75) is 104 Å². The second-order valence-corrected chi connectivity index (χ2v) is 15.8. The second-order valence-electron chi connectivity index (χ2n) is 15.8. The van der Waals surface area contributed by atoms with E-state index < -0.39 is 29.6 Å². The van der Waals surface area contributed by atoms with Gasteiger partial charge in [0.1, 0.15) is 45.0 Å². The summed E-state index contributed by atoms with van der Waals surface area (Å²) in [5.74, 6) is 0.221. The number of alkyl halides is 6. The molecule has 2 N–H and O–H groups in total. The Morgan fingerprint density at radius 1 is 0.790 bits per heavy atom. The van der Waals surface area contributed by atoms with Crippen molar-refractivity contribution in [1.82, 2.24) is 29.5 Å². The van der Waals surface area contributed by atoms with E-state index in [-0.39, 0.29) is 23.6 Å². The molecule has 4 unspecified atom stereocenters. The van der Waals surface area contributed by atoms with Gasteiger partial charge in [0.25, 0.3) is 0 Å². The highest BCUT2D eigenvalue weighted by Gasteiger charge is 2.35. The summed E-state index contributed by atoms with van der Waals surface area (Å²) in [6, 6.07) is 11.2. The minimum absolute atomic E-state index is 0.0957. The number of aromatic nitrogens is 6. The molecule has 12 nitrogen and oxygen atoms in total. The zero-order valence-electron chi connectivity index (χ0n) is 35.7. The predicted octanol–water partition coefficient (Wildman–Crippen LogP) is 9.46. The Morgan fingerprint density at radius 3 is 1.74 bits per heavy atom. The molecule has 18 heteroatoms. The molecule has 6 aromatic rings. The molecule has 7 heterocycles. The highest BCUT2D eigenvalue weighted by atomic mass is 19.4. The van der Waals surface area contributed by atoms with Crippen molar-refractivity contribution in [3.05, 3.63) is 71.0 Å². The molecule has 0 bridgehead atoms. The van der Waals surface area contributed by atoms with Crippen LogP contribution in [0.4, 0.5) is 37.7 Å². The Labute approximate surface area is 354 Å². The van der Waals surface area contributed by atoms with Crippen LogP contribution >= 0.6 is 0 Å². The number of epoxide rings is 1. The Hall–Kier alpha value is -5.62. The lowest BCUT2D eigenvalue weighted by atomic mass is 10.0. The van der Waals surface area contributed by atoms with Gasteiger partial charge in [-0.1, -0.05) is 13.8 Å². The monoisotopic (exact) mass is 868 g/mol. The number of β-amino-alcohol motifs (C(OH)–C–C–N with tert-alkyl or cyclic N) is 1. The first-order valence-electron chi connectivity index (χ1n) is 20.4. The first-order valence-corrected chi connectivity index (χ1v) is 20.4. The van der Waals surface area contributed by atoms with Gasteiger partial charge in [0.2, 0.25) is 0 Å². The topological polar surface area (TPSA) is 128 Å². The van der Waals surface area contributed by atoms with E-state index in [1.165, 1.54) is 26.4 Å². The third-order valence-corrected chi connectivity index (χ3v) is 11.0. The maximum absolute atomic E-state index is 13.2. The van der Waals surface area contributed by atoms with Crippen molar-refractivity contribution >= 4 is 33.4 Å². The van der Waals surface area contributed by atoms with Crippen LogP contribution in [0.15, 0.2) is 48.5 Å². The smallest absolute Gasteiger partial charge is 0.416 e. The maximum Gasteiger partial charge on any atom is 0.416 e. The Bertz CT molecular complexity index is 2580. The molecule has 1 saturated heterocycles. The molecule has 4 aromatic heterocycles. The number of anilines is 2. The molecule has 0 radical (unpaired) electrons. The summed E-state index contributed by atoms with van der Waals surface area (Å²) in [6.45, 7) is 14.5. The van der Waals surface area contributed by atoms with E-state index in [1.54, 1.807) is 6.92 Å². The number of hydrogen-bond donors (Lipinski definition) is 2. The standard InChI is InChI=1S/C22H25F3N4O2.C19H19F3N4O.C3H6O/c1-5-15-11-29-21-17(28(15)10-13(3)30)8-12(2)26-20(21)19(27-29)16-7-6-14(22(23,24)25)9-18(16)31-4;1-4-12-9-26-18-14(24-12)7-10(2)23-17(18)16(25-26)13-6-5-11(19(20,21)22)8-15(13)27-3;1-3-2-4-3/h6-9,13,15,30H,5,10-11H2,1-4H3;5-8,12,24H,4,9H2,1-3H3;3H,2H2,1H3. The van der Waals surface area contributed by atoms with E-state index in [0.717, 1.165) is 77.5 Å². The van der Waals surface area contributed by atoms with Crippen LogP contribution in [0.5, 0.6) is 11.5 Å². The first-order chi connectivity index (χ1) is 29.3. The molecule has 0 spiro atoms. The average Bonchev–Trinajstić information content (AvgIpc) is 3.80. The lowest BCUT2D eigenvalue weighted by molar-refractivity contribution is -0.138. The fraction of sp³-hybridized carbons (Fsp3) is 0.455. The van der Waals surface area contributed by atoms with E-state index in [2.05, 4.69) is 46.1 Å². The highest BCUT2D eigenvalue weighted by molar-refractivity contribution is 6.00. The van der Waals surface area contributed by atoms with E-state index in [0.29, 0.717) is 59.3 Å². The molecule has 3 aliphatic heterocycles. The van der Waals surface area contributed by atoms with E-state index in [4.69, 9.17) is 19.3 Å². The van der Waals surface area contributed by atoms with Crippen molar-refractivity contribution in [3.8, 4) is 34.0 Å². The van der Waals surface area contributed by atoms with Crippen molar-refractivity contribution in [2.75, 3.05) is 37.6 Å². The summed E-state index contributed by atoms with van der Waals surface area (Å²) >= 11 is 0. The molecule has 0 saturated carbocycles. The largest absolute Gasteiger partial charge is 0.496 e. The zero-order chi connectivity index (χ0) is 44.8. The molecule has 1 fully saturated rings. The molecule has 0 amide bonds. The van der Waals surface area contributed by atoms with Gasteiger partial charge in [0.15, 0.2) is 0 Å². The van der Waals surface area contributed by atoms with Crippen molar-refractivity contribution < 1.29 is 45.7 Å². The fourth-order valence-electron chi connectivity index (χ4n) is 7.86. The number of aryl methyl sites for hydroxylation is 2. The first kappa shape index (κ1) is 44.4. The van der Waals surface area contributed by atoms with Crippen molar-refractivity contribution in [1.29, 1.82) is 0 Å². The summed E-state index contributed by atoms with van der Waals surface area (Å²) in [7, 11) is 2.70. The minimum Gasteiger partial charge on any atom is -0.496 e. The lowest BCUT2D eigenvalue weighted by Crippen LogP contribution is -2.45. The van der Waals surface area contributed by atoms with Crippen LogP contribution < -0.4 is 19.7 Å². The normalized spacial score (nSPS) is 18.4. The number of pyridine rings is 2. The fourth-order valence-corrected chi connectivity index (χ4v) is 7.86. The molecule has 4 atom stereocenters. The van der Waals surface area contributed by atoms with E-state index in [9.17, 15) is 31.4 Å². The van der Waals surface area contributed by atoms with Gasteiger partial charge in [0.05, 0.1) is 68.6 Å². The van der Waals surface area contributed by atoms with Crippen LogP contribution in [0.25, 0.3) is 44.6 Å². The lowest BCUT2D eigenvalue weighted by Gasteiger charge is -2.38. The Balaban J connectivity index is 0.000000172. The summed E-state index contributed by atoms with van der Waals surface area (Å²) in [4.78, 5) is 11.5. The summed E-state index contributed by atoms with van der Waals surface area (Å²) in [6.07, 6.45) is -7.04. The van der Waals surface area contributed by atoms with Crippen LogP contribution in [0, 0.1) is 13.8 Å². The minimum atomic E-state index is -4.46. The molecule has 62 heavy (non-hydrogen) atoms. The molecule has 2 aromatic carbocycles. The van der Waals surface area contributed by atoms with Gasteiger partial charge in [-0.15, -0.1) is 0 Å². The quantitative estimate of drug-likeness (QED) is 0.113. The van der Waals surface area contributed by atoms with Crippen molar-refractivity contribution in [3.63, 3.8) is 0 Å². The van der Waals surface area contributed by atoms with E-state index in [1.807, 2.05) is 35.3 Å². The molecular weight excluding hydrogens is 819 g/mol. The van der Waals surface area contributed by atoms with Gasteiger partial charge in [-0.05, 0) is 89.1 Å².